The van der Waals surface area contributed by atoms with E-state index in [4.69, 9.17) is 9.47 Å². The molecule has 2 saturated heterocycles. The van der Waals surface area contributed by atoms with Crippen LogP contribution in [0.25, 0.3) is 17.2 Å². The molecule has 0 aromatic heterocycles. The van der Waals surface area contributed by atoms with E-state index in [1.165, 1.54) is 22.3 Å². The average molecular weight is 492 g/mol. The molecular formula is C32H29NO4. The molecule has 4 aliphatic rings. The highest BCUT2D eigenvalue weighted by molar-refractivity contribution is 6.00. The zero-order valence-electron chi connectivity index (χ0n) is 20.6. The number of rotatable bonds is 4. The van der Waals surface area contributed by atoms with E-state index in [0.717, 1.165) is 23.1 Å². The fourth-order valence-electron chi connectivity index (χ4n) is 6.84. The molecule has 0 spiro atoms. The molecule has 5 heteroatoms. The summed E-state index contributed by atoms with van der Waals surface area (Å²) in [6.07, 6.45) is 5.94. The van der Waals surface area contributed by atoms with Crippen molar-refractivity contribution in [1.29, 1.82) is 0 Å². The van der Waals surface area contributed by atoms with Crippen molar-refractivity contribution in [2.24, 2.45) is 5.92 Å². The Balaban J connectivity index is 1.07. The predicted octanol–water partition coefficient (Wildman–Crippen LogP) is 5.87. The van der Waals surface area contributed by atoms with Crippen LogP contribution in [0.5, 0.6) is 0 Å². The van der Waals surface area contributed by atoms with Gasteiger partial charge in [0.05, 0.1) is 25.3 Å². The van der Waals surface area contributed by atoms with Crippen molar-refractivity contribution < 1.29 is 19.1 Å². The summed E-state index contributed by atoms with van der Waals surface area (Å²) in [7, 11) is 0. The minimum absolute atomic E-state index is 0.0281. The van der Waals surface area contributed by atoms with Crippen molar-refractivity contribution in [2.75, 3.05) is 19.8 Å². The van der Waals surface area contributed by atoms with Crippen molar-refractivity contribution in [3.05, 3.63) is 101 Å². The quantitative estimate of drug-likeness (QED) is 0.429. The van der Waals surface area contributed by atoms with Crippen molar-refractivity contribution in [3.63, 3.8) is 0 Å². The van der Waals surface area contributed by atoms with Crippen LogP contribution in [0, 0.1) is 5.92 Å². The minimum Gasteiger partial charge on any atom is -0.448 e. The normalized spacial score (nSPS) is 23.4. The van der Waals surface area contributed by atoms with Gasteiger partial charge in [-0.2, -0.15) is 0 Å². The molecule has 0 saturated carbocycles. The first-order chi connectivity index (χ1) is 18.2. The summed E-state index contributed by atoms with van der Waals surface area (Å²) >= 11 is 0. The van der Waals surface area contributed by atoms with Gasteiger partial charge in [0.15, 0.2) is 5.78 Å². The Morgan fingerprint density at radius 3 is 2.24 bits per heavy atom. The molecule has 37 heavy (non-hydrogen) atoms. The van der Waals surface area contributed by atoms with E-state index in [1.807, 2.05) is 29.2 Å². The van der Waals surface area contributed by atoms with Crippen LogP contribution in [0.4, 0.5) is 4.79 Å². The highest BCUT2D eigenvalue weighted by Crippen LogP contribution is 2.45. The second-order valence-electron chi connectivity index (χ2n) is 10.6. The van der Waals surface area contributed by atoms with E-state index in [0.29, 0.717) is 32.7 Å². The van der Waals surface area contributed by atoms with Crippen LogP contribution in [0.2, 0.25) is 0 Å². The van der Waals surface area contributed by atoms with E-state index in [2.05, 4.69) is 54.6 Å². The number of amides is 1. The first kappa shape index (κ1) is 22.5. The number of nitrogens with zero attached hydrogens (tertiary/aromatic N) is 1. The third-order valence-electron chi connectivity index (χ3n) is 8.54. The monoisotopic (exact) mass is 491 g/mol. The van der Waals surface area contributed by atoms with E-state index in [-0.39, 0.29) is 35.8 Å². The van der Waals surface area contributed by atoms with Crippen LogP contribution in [0.1, 0.15) is 51.4 Å². The van der Waals surface area contributed by atoms with E-state index >= 15 is 0 Å². The van der Waals surface area contributed by atoms with Crippen LogP contribution >= 0.6 is 0 Å². The standard InChI is InChI=1S/C32H29NO4/c34-31(29-14-6-8-20-7-5-13-24(20)29)21-15-22-17-36-18-23(16-21)33(22)32(35)37-19-30-27-11-3-1-9-25(27)26-10-2-4-12-28(26)30/h1-12,14,21-23,30H,13,15-19H2. The molecule has 2 bridgehead atoms. The number of ether oxygens (including phenoxy) is 2. The van der Waals surface area contributed by atoms with Gasteiger partial charge >= 0.3 is 6.09 Å². The number of carbonyl (C=O) groups excluding carboxylic acids is 2. The molecule has 3 aromatic carbocycles. The third-order valence-corrected chi connectivity index (χ3v) is 8.54. The van der Waals surface area contributed by atoms with Crippen LogP contribution in [-0.2, 0) is 15.9 Å². The maximum absolute atomic E-state index is 13.6. The first-order valence-corrected chi connectivity index (χ1v) is 13.2. The van der Waals surface area contributed by atoms with Gasteiger partial charge in [-0.25, -0.2) is 4.79 Å². The Kier molecular flexibility index (Phi) is 5.47. The number of morpholine rings is 1. The third kappa shape index (κ3) is 3.72. The molecule has 0 N–H and O–H groups in total. The van der Waals surface area contributed by atoms with Crippen LogP contribution in [-0.4, -0.2) is 48.7 Å². The molecule has 2 aliphatic carbocycles. The van der Waals surface area contributed by atoms with Crippen molar-refractivity contribution in [2.45, 2.75) is 37.3 Å². The maximum atomic E-state index is 13.6. The molecular weight excluding hydrogens is 462 g/mol. The fourth-order valence-corrected chi connectivity index (χ4v) is 6.84. The van der Waals surface area contributed by atoms with Crippen LogP contribution in [0.15, 0.2) is 72.8 Å². The van der Waals surface area contributed by atoms with Gasteiger partial charge in [-0.1, -0.05) is 78.9 Å². The van der Waals surface area contributed by atoms with E-state index in [9.17, 15) is 9.59 Å². The van der Waals surface area contributed by atoms with Crippen molar-refractivity contribution >= 4 is 18.0 Å². The van der Waals surface area contributed by atoms with Gasteiger partial charge in [0.1, 0.15) is 6.61 Å². The summed E-state index contributed by atoms with van der Waals surface area (Å²) < 4.78 is 11.8. The number of Topliss-reactive ketones (excluding diaryl/α,β-unsaturated/α-hetero) is 1. The summed E-state index contributed by atoms with van der Waals surface area (Å²) in [5.74, 6) is 0.119. The second-order valence-corrected chi connectivity index (χ2v) is 10.6. The van der Waals surface area contributed by atoms with Gasteiger partial charge in [0.25, 0.3) is 0 Å². The summed E-state index contributed by atoms with van der Waals surface area (Å²) in [6.45, 7) is 1.19. The van der Waals surface area contributed by atoms with E-state index in [1.54, 1.807) is 0 Å². The lowest BCUT2D eigenvalue weighted by Crippen LogP contribution is -2.60. The molecule has 1 amide bonds. The number of fused-ring (bicyclic) bond motifs is 6. The SMILES string of the molecule is O=C(c1cccc2c1CC=C2)C1CC2COCC(C1)N2C(=O)OCC1c2ccccc2-c2ccccc21. The number of hydrogen-bond donors (Lipinski definition) is 0. The molecule has 2 unspecified atom stereocenters. The molecule has 0 radical (unpaired) electrons. The Morgan fingerprint density at radius 1 is 0.865 bits per heavy atom. The molecule has 2 fully saturated rings. The van der Waals surface area contributed by atoms with Crippen LogP contribution in [0.3, 0.4) is 0 Å². The summed E-state index contributed by atoms with van der Waals surface area (Å²) in [4.78, 5) is 28.9. The topological polar surface area (TPSA) is 55.8 Å². The molecule has 3 aromatic rings. The molecule has 2 atom stereocenters. The van der Waals surface area contributed by atoms with E-state index < -0.39 is 0 Å². The lowest BCUT2D eigenvalue weighted by atomic mass is 9.79. The molecule has 2 aliphatic heterocycles. The van der Waals surface area contributed by atoms with Crippen molar-refractivity contribution in [3.8, 4) is 11.1 Å². The van der Waals surface area contributed by atoms with Gasteiger partial charge in [-0.3, -0.25) is 9.69 Å². The maximum Gasteiger partial charge on any atom is 0.410 e. The Bertz CT molecular complexity index is 1370. The minimum atomic E-state index is -0.295. The number of ketones is 1. The Labute approximate surface area is 216 Å². The molecule has 7 rings (SSSR count). The second kappa shape index (κ2) is 9.00. The van der Waals surface area contributed by atoms with Gasteiger partial charge < -0.3 is 9.47 Å². The number of allylic oxidation sites excluding steroid dienone is 1. The molecule has 2 heterocycles. The highest BCUT2D eigenvalue weighted by Gasteiger charge is 2.45. The first-order valence-electron chi connectivity index (χ1n) is 13.2. The highest BCUT2D eigenvalue weighted by atomic mass is 16.6. The summed E-state index contributed by atoms with van der Waals surface area (Å²) in [5, 5.41) is 0. The van der Waals surface area contributed by atoms with Gasteiger partial charge in [0.2, 0.25) is 0 Å². The number of carbonyl (C=O) groups is 2. The average Bonchev–Trinajstić information content (AvgIpc) is 3.53. The van der Waals surface area contributed by atoms with Crippen molar-refractivity contribution in [1.82, 2.24) is 4.90 Å². The van der Waals surface area contributed by atoms with Gasteiger partial charge in [-0.15, -0.1) is 0 Å². The van der Waals surface area contributed by atoms with Gasteiger partial charge in [0, 0.05) is 17.4 Å². The Morgan fingerprint density at radius 2 is 1.54 bits per heavy atom. The smallest absolute Gasteiger partial charge is 0.410 e. The number of hydrogen-bond acceptors (Lipinski definition) is 4. The predicted molar refractivity (Wildman–Crippen MR) is 142 cm³/mol. The molecule has 186 valence electrons. The summed E-state index contributed by atoms with van der Waals surface area (Å²) in [6, 6.07) is 22.4. The largest absolute Gasteiger partial charge is 0.448 e. The zero-order valence-corrected chi connectivity index (χ0v) is 20.6. The Hall–Kier alpha value is -3.70. The summed E-state index contributed by atoms with van der Waals surface area (Å²) in [5.41, 5.74) is 7.94. The van der Waals surface area contributed by atoms with Gasteiger partial charge in [-0.05, 0) is 52.6 Å². The lowest BCUT2D eigenvalue weighted by molar-refractivity contribution is -0.0747. The number of benzene rings is 3. The van der Waals surface area contributed by atoms with Crippen LogP contribution < -0.4 is 0 Å². The lowest BCUT2D eigenvalue weighted by Gasteiger charge is -2.47. The fraction of sp³-hybridized carbons (Fsp3) is 0.312. The molecule has 5 nitrogen and oxygen atoms in total. The zero-order chi connectivity index (χ0) is 24.9. The number of piperidine rings is 1.